The van der Waals surface area contributed by atoms with Crippen LogP contribution in [0.25, 0.3) is 0 Å². The molecule has 1 aliphatic rings. The van der Waals surface area contributed by atoms with E-state index in [2.05, 4.69) is 65.9 Å². The van der Waals surface area contributed by atoms with Crippen LogP contribution in [0.15, 0.2) is 48.8 Å². The van der Waals surface area contributed by atoms with Gasteiger partial charge in [0.25, 0.3) is 5.91 Å². The molecule has 0 saturated carbocycles. The summed E-state index contributed by atoms with van der Waals surface area (Å²) in [6, 6.07) is 14.2. The fourth-order valence-electron chi connectivity index (χ4n) is 3.37. The highest BCUT2D eigenvalue weighted by Crippen LogP contribution is 2.24. The van der Waals surface area contributed by atoms with Gasteiger partial charge in [-0.25, -0.2) is 5.10 Å². The summed E-state index contributed by atoms with van der Waals surface area (Å²) < 4.78 is 0. The maximum Gasteiger partial charge on any atom is 0.278 e. The van der Waals surface area contributed by atoms with Gasteiger partial charge in [0.15, 0.2) is 11.5 Å². The second kappa shape index (κ2) is 7.94. The van der Waals surface area contributed by atoms with E-state index < -0.39 is 0 Å². The molecule has 1 aliphatic heterocycles. The fourth-order valence-corrected chi connectivity index (χ4v) is 3.37. The maximum absolute atomic E-state index is 12.1. The highest BCUT2D eigenvalue weighted by molar-refractivity contribution is 6.01. The molecular weight excluding hydrogens is 342 g/mol. The summed E-state index contributed by atoms with van der Waals surface area (Å²) in [5, 5.41) is 17.1. The second-order valence-corrected chi connectivity index (χ2v) is 6.69. The Morgan fingerprint density at radius 2 is 1.93 bits per heavy atom. The van der Waals surface area contributed by atoms with E-state index in [0.29, 0.717) is 5.92 Å². The summed E-state index contributed by atoms with van der Waals surface area (Å²) in [7, 11) is 0. The number of nitrogens with zero attached hydrogens (tertiary/aromatic N) is 5. The van der Waals surface area contributed by atoms with E-state index in [-0.39, 0.29) is 17.5 Å². The Hall–Kier alpha value is -3.29. The van der Waals surface area contributed by atoms with E-state index in [9.17, 15) is 4.79 Å². The minimum atomic E-state index is -0.368. The van der Waals surface area contributed by atoms with Gasteiger partial charge < -0.3 is 4.90 Å². The number of piperidine rings is 1. The minimum absolute atomic E-state index is 0.245. The van der Waals surface area contributed by atoms with Crippen molar-refractivity contribution in [2.45, 2.75) is 19.3 Å². The topological polar surface area (TPSA) is 99.7 Å². The Morgan fingerprint density at radius 3 is 2.59 bits per heavy atom. The number of rotatable bonds is 5. The number of amides is 1. The smallest absolute Gasteiger partial charge is 0.278 e. The van der Waals surface area contributed by atoms with Crippen molar-refractivity contribution in [1.82, 2.24) is 25.4 Å². The fraction of sp³-hybridized carbons (Fsp3) is 0.316. The monoisotopic (exact) mass is 363 g/mol. The standard InChI is InChI=1S/C19H21N7O/c27-18(22-19-20-13-21-25-19)16-6-7-17(24-23-16)26-10-8-15(9-11-26)12-14-4-2-1-3-5-14/h1-7,13,15H,8-12H2,(H2,20,21,22,25,27). The highest BCUT2D eigenvalue weighted by Gasteiger charge is 2.21. The molecule has 0 spiro atoms. The summed E-state index contributed by atoms with van der Waals surface area (Å²) in [5.74, 6) is 1.42. The SMILES string of the molecule is O=C(Nc1ncn[nH]1)c1ccc(N2CCC(Cc3ccccc3)CC2)nn1. The summed E-state index contributed by atoms with van der Waals surface area (Å²) in [5.41, 5.74) is 1.65. The van der Waals surface area contributed by atoms with Crippen LogP contribution in [0.3, 0.4) is 0 Å². The van der Waals surface area contributed by atoms with Crippen molar-refractivity contribution >= 4 is 17.7 Å². The van der Waals surface area contributed by atoms with Gasteiger partial charge in [-0.1, -0.05) is 30.3 Å². The zero-order chi connectivity index (χ0) is 18.5. The molecule has 0 unspecified atom stereocenters. The van der Waals surface area contributed by atoms with Crippen LogP contribution in [0.1, 0.15) is 28.9 Å². The zero-order valence-corrected chi connectivity index (χ0v) is 14.9. The second-order valence-electron chi connectivity index (χ2n) is 6.69. The van der Waals surface area contributed by atoms with E-state index in [1.807, 2.05) is 6.07 Å². The van der Waals surface area contributed by atoms with Crippen LogP contribution in [-0.2, 0) is 6.42 Å². The molecule has 2 aromatic heterocycles. The maximum atomic E-state index is 12.1. The molecule has 1 aromatic carbocycles. The Morgan fingerprint density at radius 1 is 1.11 bits per heavy atom. The van der Waals surface area contributed by atoms with Gasteiger partial charge in [-0.15, -0.1) is 10.2 Å². The lowest BCUT2D eigenvalue weighted by molar-refractivity contribution is 0.102. The molecule has 0 bridgehead atoms. The average Bonchev–Trinajstić information content (AvgIpc) is 3.22. The Balaban J connectivity index is 1.31. The first-order chi connectivity index (χ1) is 13.3. The van der Waals surface area contributed by atoms with Gasteiger partial charge in [-0.3, -0.25) is 10.1 Å². The Bertz CT molecular complexity index is 857. The third-order valence-electron chi connectivity index (χ3n) is 4.84. The van der Waals surface area contributed by atoms with Gasteiger partial charge in [-0.05, 0) is 42.9 Å². The number of hydrogen-bond acceptors (Lipinski definition) is 6. The van der Waals surface area contributed by atoms with Crippen LogP contribution >= 0.6 is 0 Å². The van der Waals surface area contributed by atoms with Crippen molar-refractivity contribution in [3.05, 3.63) is 60.0 Å². The van der Waals surface area contributed by atoms with Gasteiger partial charge >= 0.3 is 0 Å². The summed E-state index contributed by atoms with van der Waals surface area (Å²) in [6.07, 6.45) is 4.71. The first-order valence-electron chi connectivity index (χ1n) is 9.07. The van der Waals surface area contributed by atoms with Crippen LogP contribution in [0, 0.1) is 5.92 Å². The van der Waals surface area contributed by atoms with Gasteiger partial charge in [-0.2, -0.15) is 10.1 Å². The predicted molar refractivity (Wildman–Crippen MR) is 101 cm³/mol. The third-order valence-corrected chi connectivity index (χ3v) is 4.84. The van der Waals surface area contributed by atoms with Crippen molar-refractivity contribution in [3.63, 3.8) is 0 Å². The van der Waals surface area contributed by atoms with E-state index in [4.69, 9.17) is 0 Å². The number of nitrogens with one attached hydrogen (secondary N) is 2. The van der Waals surface area contributed by atoms with Gasteiger partial charge in [0.1, 0.15) is 6.33 Å². The molecule has 1 amide bonds. The molecule has 0 aliphatic carbocycles. The summed E-state index contributed by atoms with van der Waals surface area (Å²) in [6.45, 7) is 1.91. The lowest BCUT2D eigenvalue weighted by Gasteiger charge is -2.32. The molecule has 8 nitrogen and oxygen atoms in total. The number of hydrogen-bond donors (Lipinski definition) is 2. The summed E-state index contributed by atoms with van der Waals surface area (Å²) >= 11 is 0. The molecule has 1 fully saturated rings. The zero-order valence-electron chi connectivity index (χ0n) is 14.9. The van der Waals surface area contributed by atoms with Gasteiger partial charge in [0.2, 0.25) is 5.95 Å². The number of aromatic amines is 1. The van der Waals surface area contributed by atoms with E-state index in [1.54, 1.807) is 6.07 Å². The molecule has 2 N–H and O–H groups in total. The molecule has 1 saturated heterocycles. The first kappa shape index (κ1) is 17.1. The van der Waals surface area contributed by atoms with E-state index in [0.717, 1.165) is 38.2 Å². The Labute approximate surface area is 157 Å². The quantitative estimate of drug-likeness (QED) is 0.722. The number of anilines is 2. The van der Waals surface area contributed by atoms with Crippen molar-refractivity contribution in [2.75, 3.05) is 23.3 Å². The third kappa shape index (κ3) is 4.28. The lowest BCUT2D eigenvalue weighted by atomic mass is 9.90. The first-order valence-corrected chi connectivity index (χ1v) is 9.07. The van der Waals surface area contributed by atoms with Crippen LogP contribution in [0.2, 0.25) is 0 Å². The minimum Gasteiger partial charge on any atom is -0.355 e. The molecular formula is C19H21N7O. The average molecular weight is 363 g/mol. The van der Waals surface area contributed by atoms with E-state index in [1.165, 1.54) is 11.9 Å². The lowest BCUT2D eigenvalue weighted by Crippen LogP contribution is -2.35. The number of carbonyl (C=O) groups excluding carboxylic acids is 1. The van der Waals surface area contributed by atoms with Crippen LogP contribution in [-0.4, -0.2) is 44.4 Å². The van der Waals surface area contributed by atoms with Crippen molar-refractivity contribution < 1.29 is 4.79 Å². The van der Waals surface area contributed by atoms with Crippen molar-refractivity contribution in [3.8, 4) is 0 Å². The van der Waals surface area contributed by atoms with Gasteiger partial charge in [0.05, 0.1) is 0 Å². The number of H-pyrrole nitrogens is 1. The Kier molecular flexibility index (Phi) is 5.04. The number of benzene rings is 1. The molecule has 8 heteroatoms. The molecule has 0 atom stereocenters. The summed E-state index contributed by atoms with van der Waals surface area (Å²) in [4.78, 5) is 18.2. The van der Waals surface area contributed by atoms with Crippen LogP contribution in [0.4, 0.5) is 11.8 Å². The molecule has 0 radical (unpaired) electrons. The molecule has 138 valence electrons. The highest BCUT2D eigenvalue weighted by atomic mass is 16.2. The van der Waals surface area contributed by atoms with E-state index >= 15 is 0 Å². The molecule has 3 heterocycles. The molecule has 4 rings (SSSR count). The van der Waals surface area contributed by atoms with Crippen molar-refractivity contribution in [2.24, 2.45) is 5.92 Å². The predicted octanol–water partition coefficient (Wildman–Crippen LogP) is 2.31. The normalized spacial score (nSPS) is 14.9. The molecule has 3 aromatic rings. The van der Waals surface area contributed by atoms with Crippen LogP contribution in [0.5, 0.6) is 0 Å². The molecule has 27 heavy (non-hydrogen) atoms. The largest absolute Gasteiger partial charge is 0.355 e. The van der Waals surface area contributed by atoms with Crippen LogP contribution < -0.4 is 10.2 Å². The number of carbonyl (C=O) groups is 1. The van der Waals surface area contributed by atoms with Gasteiger partial charge in [0, 0.05) is 13.1 Å². The van der Waals surface area contributed by atoms with Crippen molar-refractivity contribution in [1.29, 1.82) is 0 Å². The number of aromatic nitrogens is 5.